The van der Waals surface area contributed by atoms with Gasteiger partial charge in [-0.2, -0.15) is 0 Å². The van der Waals surface area contributed by atoms with Crippen LogP contribution in [0.25, 0.3) is 0 Å². The van der Waals surface area contributed by atoms with Gasteiger partial charge in [-0.25, -0.2) is 0 Å². The van der Waals surface area contributed by atoms with Gasteiger partial charge in [-0.3, -0.25) is 4.79 Å². The second kappa shape index (κ2) is 4.56. The number of carbonyl (C=O) groups excluding carboxylic acids is 1. The summed E-state index contributed by atoms with van der Waals surface area (Å²) in [4.78, 5) is 10.5. The second-order valence-electron chi connectivity index (χ2n) is 3.84. The molecular formula is C11H18O2. The maximum absolute atomic E-state index is 10.5. The summed E-state index contributed by atoms with van der Waals surface area (Å²) in [7, 11) is 1.74. The minimum atomic E-state index is -0.150. The van der Waals surface area contributed by atoms with Crippen molar-refractivity contribution in [1.29, 1.82) is 0 Å². The van der Waals surface area contributed by atoms with Crippen LogP contribution in [0.3, 0.4) is 0 Å². The van der Waals surface area contributed by atoms with Gasteiger partial charge in [0.25, 0.3) is 0 Å². The molecule has 2 nitrogen and oxygen atoms in total. The molecule has 74 valence electrons. The van der Waals surface area contributed by atoms with Gasteiger partial charge in [0, 0.05) is 7.11 Å². The summed E-state index contributed by atoms with van der Waals surface area (Å²) in [5.74, 6) is 0. The highest BCUT2D eigenvalue weighted by Gasteiger charge is 2.29. The fourth-order valence-corrected chi connectivity index (χ4v) is 2.01. The summed E-state index contributed by atoms with van der Waals surface area (Å²) in [5.41, 5.74) is 0.632. The number of ether oxygens (including phenoxy) is 1. The summed E-state index contributed by atoms with van der Waals surface area (Å²) in [5, 5.41) is 0. The SMILES string of the molecule is COC1(/C=C(/C)C=O)CCCCC1. The predicted octanol–water partition coefficient (Wildman–Crippen LogP) is 2.48. The normalized spacial score (nSPS) is 22.8. The Bertz CT molecular complexity index is 200. The molecule has 1 rings (SSSR count). The van der Waals surface area contributed by atoms with Gasteiger partial charge in [0.05, 0.1) is 5.60 Å². The number of aldehydes is 1. The zero-order valence-corrected chi connectivity index (χ0v) is 8.51. The third-order valence-corrected chi connectivity index (χ3v) is 2.78. The van der Waals surface area contributed by atoms with Gasteiger partial charge in [-0.15, -0.1) is 0 Å². The average molecular weight is 182 g/mol. The molecule has 1 aliphatic carbocycles. The summed E-state index contributed by atoms with van der Waals surface area (Å²) in [6.07, 6.45) is 8.68. The molecule has 2 heteroatoms. The minimum Gasteiger partial charge on any atom is -0.374 e. The third kappa shape index (κ3) is 2.66. The Morgan fingerprint density at radius 1 is 1.31 bits per heavy atom. The van der Waals surface area contributed by atoms with Crippen molar-refractivity contribution in [2.24, 2.45) is 0 Å². The predicted molar refractivity (Wildman–Crippen MR) is 52.6 cm³/mol. The van der Waals surface area contributed by atoms with E-state index in [9.17, 15) is 4.79 Å². The Morgan fingerprint density at radius 3 is 2.38 bits per heavy atom. The molecule has 0 unspecified atom stereocenters. The first-order valence-corrected chi connectivity index (χ1v) is 4.92. The van der Waals surface area contributed by atoms with E-state index in [1.807, 2.05) is 13.0 Å². The first kappa shape index (κ1) is 10.5. The maximum atomic E-state index is 10.5. The van der Waals surface area contributed by atoms with Crippen LogP contribution >= 0.6 is 0 Å². The quantitative estimate of drug-likeness (QED) is 0.495. The van der Waals surface area contributed by atoms with Crippen LogP contribution in [-0.2, 0) is 9.53 Å². The van der Waals surface area contributed by atoms with E-state index in [0.717, 1.165) is 24.7 Å². The number of hydrogen-bond donors (Lipinski definition) is 0. The molecule has 0 heterocycles. The highest BCUT2D eigenvalue weighted by Crippen LogP contribution is 2.32. The summed E-state index contributed by atoms with van der Waals surface area (Å²) in [6.45, 7) is 1.84. The van der Waals surface area contributed by atoms with Gasteiger partial charge >= 0.3 is 0 Å². The molecule has 0 aliphatic heterocycles. The fraction of sp³-hybridized carbons (Fsp3) is 0.727. The highest BCUT2D eigenvalue weighted by molar-refractivity contribution is 5.72. The van der Waals surface area contributed by atoms with Gasteiger partial charge in [0.2, 0.25) is 0 Å². The number of rotatable bonds is 3. The smallest absolute Gasteiger partial charge is 0.145 e. The fourth-order valence-electron chi connectivity index (χ4n) is 2.01. The largest absolute Gasteiger partial charge is 0.374 e. The Labute approximate surface area is 80.0 Å². The van der Waals surface area contributed by atoms with Crippen molar-refractivity contribution in [3.63, 3.8) is 0 Å². The van der Waals surface area contributed by atoms with Crippen LogP contribution in [0.5, 0.6) is 0 Å². The molecule has 13 heavy (non-hydrogen) atoms. The minimum absolute atomic E-state index is 0.150. The number of allylic oxidation sites excluding steroid dienone is 1. The van der Waals surface area contributed by atoms with E-state index in [2.05, 4.69) is 0 Å². The van der Waals surface area contributed by atoms with Crippen LogP contribution in [0.15, 0.2) is 11.6 Å². The molecule has 1 fully saturated rings. The van der Waals surface area contributed by atoms with Crippen molar-refractivity contribution in [1.82, 2.24) is 0 Å². The molecular weight excluding hydrogens is 164 g/mol. The lowest BCUT2D eigenvalue weighted by atomic mass is 9.83. The van der Waals surface area contributed by atoms with Gasteiger partial charge < -0.3 is 4.74 Å². The molecule has 0 aromatic rings. The van der Waals surface area contributed by atoms with Crippen LogP contribution in [-0.4, -0.2) is 19.0 Å². The van der Waals surface area contributed by atoms with Crippen molar-refractivity contribution in [3.05, 3.63) is 11.6 Å². The number of methoxy groups -OCH3 is 1. The van der Waals surface area contributed by atoms with Gasteiger partial charge in [0.15, 0.2) is 0 Å². The molecule has 0 spiro atoms. The Kier molecular flexibility index (Phi) is 3.67. The molecule has 0 aromatic carbocycles. The molecule has 1 saturated carbocycles. The van der Waals surface area contributed by atoms with Crippen LogP contribution < -0.4 is 0 Å². The zero-order chi connectivity index (χ0) is 9.73. The van der Waals surface area contributed by atoms with E-state index in [1.54, 1.807) is 7.11 Å². The van der Waals surface area contributed by atoms with Crippen LogP contribution in [0.2, 0.25) is 0 Å². The Morgan fingerprint density at radius 2 is 1.92 bits per heavy atom. The molecule has 0 bridgehead atoms. The molecule has 0 atom stereocenters. The first-order chi connectivity index (χ1) is 6.22. The Balaban J connectivity index is 2.73. The van der Waals surface area contributed by atoms with Crippen molar-refractivity contribution in [2.45, 2.75) is 44.6 Å². The van der Waals surface area contributed by atoms with E-state index < -0.39 is 0 Å². The van der Waals surface area contributed by atoms with E-state index >= 15 is 0 Å². The van der Waals surface area contributed by atoms with E-state index in [1.165, 1.54) is 19.3 Å². The van der Waals surface area contributed by atoms with E-state index in [4.69, 9.17) is 4.74 Å². The zero-order valence-electron chi connectivity index (χ0n) is 8.51. The summed E-state index contributed by atoms with van der Waals surface area (Å²) in [6, 6.07) is 0. The monoisotopic (exact) mass is 182 g/mol. The van der Waals surface area contributed by atoms with Crippen molar-refractivity contribution in [2.75, 3.05) is 7.11 Å². The van der Waals surface area contributed by atoms with E-state index in [0.29, 0.717) is 0 Å². The molecule has 0 radical (unpaired) electrons. The van der Waals surface area contributed by atoms with Gasteiger partial charge in [0.1, 0.15) is 6.29 Å². The topological polar surface area (TPSA) is 26.3 Å². The number of carbonyl (C=O) groups is 1. The average Bonchev–Trinajstić information content (AvgIpc) is 2.19. The standard InChI is InChI=1S/C11H18O2/c1-10(9-12)8-11(13-2)6-4-3-5-7-11/h8-9H,3-7H2,1-2H3/b10-8-. The molecule has 0 amide bonds. The lowest BCUT2D eigenvalue weighted by Crippen LogP contribution is -2.31. The Hall–Kier alpha value is -0.630. The van der Waals surface area contributed by atoms with Crippen LogP contribution in [0.4, 0.5) is 0 Å². The highest BCUT2D eigenvalue weighted by atomic mass is 16.5. The van der Waals surface area contributed by atoms with Crippen molar-refractivity contribution in [3.8, 4) is 0 Å². The first-order valence-electron chi connectivity index (χ1n) is 4.92. The molecule has 0 saturated heterocycles. The maximum Gasteiger partial charge on any atom is 0.145 e. The second-order valence-corrected chi connectivity index (χ2v) is 3.84. The van der Waals surface area contributed by atoms with Crippen molar-refractivity contribution >= 4 is 6.29 Å². The van der Waals surface area contributed by atoms with Gasteiger partial charge in [-0.1, -0.05) is 19.3 Å². The molecule has 0 N–H and O–H groups in total. The van der Waals surface area contributed by atoms with E-state index in [-0.39, 0.29) is 5.60 Å². The summed E-state index contributed by atoms with van der Waals surface area (Å²) >= 11 is 0. The molecule has 0 aromatic heterocycles. The molecule has 1 aliphatic rings. The van der Waals surface area contributed by atoms with Crippen LogP contribution in [0.1, 0.15) is 39.0 Å². The number of hydrogen-bond acceptors (Lipinski definition) is 2. The lowest BCUT2D eigenvalue weighted by molar-refractivity contribution is -0.105. The summed E-state index contributed by atoms with van der Waals surface area (Å²) < 4.78 is 5.52. The lowest BCUT2D eigenvalue weighted by Gasteiger charge is -2.33. The third-order valence-electron chi connectivity index (χ3n) is 2.78. The van der Waals surface area contributed by atoms with Crippen molar-refractivity contribution < 1.29 is 9.53 Å². The van der Waals surface area contributed by atoms with Gasteiger partial charge in [-0.05, 0) is 31.4 Å². The van der Waals surface area contributed by atoms with Crippen LogP contribution in [0, 0.1) is 0 Å².